The Morgan fingerprint density at radius 3 is 2.47 bits per heavy atom. The van der Waals surface area contributed by atoms with Gasteiger partial charge in [-0.15, -0.1) is 0 Å². The summed E-state index contributed by atoms with van der Waals surface area (Å²) < 4.78 is 0. The molecule has 6 heteroatoms. The molecule has 0 spiro atoms. The Bertz CT molecular complexity index is 323. The SMILES string of the molecule is O=C(O)CC1CN(C(=O)NCCN2CCCCC2)C1. The number of hydrogen-bond acceptors (Lipinski definition) is 3. The third-order valence-electron chi connectivity index (χ3n) is 3.86. The highest BCUT2D eigenvalue weighted by Gasteiger charge is 2.31. The van der Waals surface area contributed by atoms with Crippen molar-refractivity contribution in [2.45, 2.75) is 25.7 Å². The number of aliphatic carboxylic acids is 1. The second-order valence-corrected chi connectivity index (χ2v) is 5.50. The molecule has 2 saturated heterocycles. The first-order valence-electron chi connectivity index (χ1n) is 7.12. The van der Waals surface area contributed by atoms with E-state index in [0.29, 0.717) is 19.6 Å². The van der Waals surface area contributed by atoms with Crippen molar-refractivity contribution in [2.24, 2.45) is 5.92 Å². The zero-order valence-corrected chi connectivity index (χ0v) is 11.3. The minimum absolute atomic E-state index is 0.0568. The molecule has 0 saturated carbocycles. The van der Waals surface area contributed by atoms with Crippen molar-refractivity contribution < 1.29 is 14.7 Å². The number of hydrogen-bond donors (Lipinski definition) is 2. The highest BCUT2D eigenvalue weighted by Crippen LogP contribution is 2.18. The van der Waals surface area contributed by atoms with Crippen LogP contribution in [-0.2, 0) is 4.79 Å². The summed E-state index contributed by atoms with van der Waals surface area (Å²) in [6.07, 6.45) is 4.01. The Morgan fingerprint density at radius 2 is 1.84 bits per heavy atom. The van der Waals surface area contributed by atoms with Gasteiger partial charge in [0.15, 0.2) is 0 Å². The van der Waals surface area contributed by atoms with Gasteiger partial charge in [-0.3, -0.25) is 4.79 Å². The molecule has 108 valence electrons. The Hall–Kier alpha value is -1.30. The second-order valence-electron chi connectivity index (χ2n) is 5.50. The van der Waals surface area contributed by atoms with Crippen molar-refractivity contribution in [1.82, 2.24) is 15.1 Å². The minimum atomic E-state index is -0.782. The number of likely N-dealkylation sites (tertiary alicyclic amines) is 2. The van der Waals surface area contributed by atoms with Crippen LogP contribution in [0.25, 0.3) is 0 Å². The lowest BCUT2D eigenvalue weighted by atomic mass is 9.97. The normalized spacial score (nSPS) is 20.9. The van der Waals surface area contributed by atoms with Crippen LogP contribution in [0.1, 0.15) is 25.7 Å². The summed E-state index contributed by atoms with van der Waals surface area (Å²) in [5, 5.41) is 11.5. The Morgan fingerprint density at radius 1 is 1.16 bits per heavy atom. The van der Waals surface area contributed by atoms with Gasteiger partial charge >= 0.3 is 12.0 Å². The summed E-state index contributed by atoms with van der Waals surface area (Å²) >= 11 is 0. The van der Waals surface area contributed by atoms with E-state index in [1.807, 2.05) is 0 Å². The number of carbonyl (C=O) groups excluding carboxylic acids is 1. The first kappa shape index (κ1) is 14.1. The quantitative estimate of drug-likeness (QED) is 0.766. The first-order valence-corrected chi connectivity index (χ1v) is 7.12. The molecular weight excluding hydrogens is 246 g/mol. The summed E-state index contributed by atoms with van der Waals surface area (Å²) in [7, 11) is 0. The molecule has 2 N–H and O–H groups in total. The zero-order valence-electron chi connectivity index (χ0n) is 11.3. The second kappa shape index (κ2) is 6.75. The fourth-order valence-corrected chi connectivity index (χ4v) is 2.73. The van der Waals surface area contributed by atoms with Gasteiger partial charge in [-0.05, 0) is 25.9 Å². The highest BCUT2D eigenvalue weighted by atomic mass is 16.4. The number of nitrogens with one attached hydrogen (secondary N) is 1. The molecule has 2 amide bonds. The van der Waals surface area contributed by atoms with E-state index in [1.54, 1.807) is 4.90 Å². The van der Waals surface area contributed by atoms with E-state index in [-0.39, 0.29) is 18.4 Å². The minimum Gasteiger partial charge on any atom is -0.481 e. The van der Waals surface area contributed by atoms with Crippen LogP contribution in [0.4, 0.5) is 4.79 Å². The number of urea groups is 1. The fourth-order valence-electron chi connectivity index (χ4n) is 2.73. The molecule has 2 aliphatic rings. The van der Waals surface area contributed by atoms with Crippen molar-refractivity contribution in [2.75, 3.05) is 39.3 Å². The highest BCUT2D eigenvalue weighted by molar-refractivity contribution is 5.75. The van der Waals surface area contributed by atoms with E-state index < -0.39 is 5.97 Å². The molecular formula is C13H23N3O3. The number of nitrogens with zero attached hydrogens (tertiary/aromatic N) is 2. The van der Waals surface area contributed by atoms with Crippen molar-refractivity contribution in [3.8, 4) is 0 Å². The Kier molecular flexibility index (Phi) is 5.01. The van der Waals surface area contributed by atoms with Crippen LogP contribution >= 0.6 is 0 Å². The maximum Gasteiger partial charge on any atom is 0.317 e. The smallest absolute Gasteiger partial charge is 0.317 e. The lowest BCUT2D eigenvalue weighted by Gasteiger charge is -2.38. The van der Waals surface area contributed by atoms with Gasteiger partial charge in [-0.25, -0.2) is 4.79 Å². The van der Waals surface area contributed by atoms with E-state index >= 15 is 0 Å². The van der Waals surface area contributed by atoms with E-state index in [2.05, 4.69) is 10.2 Å². The molecule has 0 aromatic carbocycles. The monoisotopic (exact) mass is 269 g/mol. The summed E-state index contributed by atoms with van der Waals surface area (Å²) in [4.78, 5) is 26.3. The average Bonchev–Trinajstić information content (AvgIpc) is 2.34. The fraction of sp³-hybridized carbons (Fsp3) is 0.846. The molecule has 2 fully saturated rings. The van der Waals surface area contributed by atoms with E-state index in [1.165, 1.54) is 19.3 Å². The molecule has 0 bridgehead atoms. The number of carboxylic acid groups (broad SMARTS) is 1. The summed E-state index contributed by atoms with van der Waals surface area (Å²) in [5.41, 5.74) is 0. The molecule has 0 radical (unpaired) electrons. The maximum atomic E-state index is 11.7. The molecule has 2 heterocycles. The summed E-state index contributed by atoms with van der Waals surface area (Å²) in [5.74, 6) is -0.652. The summed E-state index contributed by atoms with van der Waals surface area (Å²) in [6, 6.07) is -0.0568. The molecule has 0 aliphatic carbocycles. The molecule has 0 atom stereocenters. The molecule has 2 aliphatic heterocycles. The predicted octanol–water partition coefficient (Wildman–Crippen LogP) is 0.588. The molecule has 19 heavy (non-hydrogen) atoms. The van der Waals surface area contributed by atoms with Crippen LogP contribution in [-0.4, -0.2) is 66.2 Å². The van der Waals surface area contributed by atoms with Crippen LogP contribution in [0, 0.1) is 5.92 Å². The lowest BCUT2D eigenvalue weighted by molar-refractivity contribution is -0.139. The molecule has 0 aromatic rings. The van der Waals surface area contributed by atoms with E-state index in [4.69, 9.17) is 5.11 Å². The standard InChI is InChI=1S/C13H23N3O3/c17-12(18)8-11-9-16(10-11)13(19)14-4-7-15-5-2-1-3-6-15/h11H,1-10H2,(H,14,19)(H,17,18). The maximum absolute atomic E-state index is 11.7. The number of carbonyl (C=O) groups is 2. The number of amides is 2. The van der Waals surface area contributed by atoms with Gasteiger partial charge in [0.1, 0.15) is 0 Å². The average molecular weight is 269 g/mol. The van der Waals surface area contributed by atoms with Crippen LogP contribution in [0.15, 0.2) is 0 Å². The van der Waals surface area contributed by atoms with E-state index in [9.17, 15) is 9.59 Å². The van der Waals surface area contributed by atoms with Crippen molar-refractivity contribution >= 4 is 12.0 Å². The summed E-state index contributed by atoms with van der Waals surface area (Å²) in [6.45, 7) is 5.02. The zero-order chi connectivity index (χ0) is 13.7. The van der Waals surface area contributed by atoms with Gasteiger partial charge in [-0.1, -0.05) is 6.42 Å². The van der Waals surface area contributed by atoms with Crippen molar-refractivity contribution in [3.05, 3.63) is 0 Å². The van der Waals surface area contributed by atoms with E-state index in [0.717, 1.165) is 19.6 Å². The Balaban J connectivity index is 1.54. The lowest BCUT2D eigenvalue weighted by Crippen LogP contribution is -2.55. The number of rotatable bonds is 5. The third kappa shape index (κ3) is 4.38. The van der Waals surface area contributed by atoms with Crippen LogP contribution in [0.5, 0.6) is 0 Å². The van der Waals surface area contributed by atoms with Gasteiger partial charge in [0.2, 0.25) is 0 Å². The van der Waals surface area contributed by atoms with Gasteiger partial charge in [0, 0.05) is 32.1 Å². The molecule has 0 aromatic heterocycles. The van der Waals surface area contributed by atoms with Gasteiger partial charge < -0.3 is 20.2 Å². The topological polar surface area (TPSA) is 72.9 Å². The van der Waals surface area contributed by atoms with Crippen molar-refractivity contribution in [1.29, 1.82) is 0 Å². The van der Waals surface area contributed by atoms with Crippen LogP contribution in [0.2, 0.25) is 0 Å². The predicted molar refractivity (Wildman–Crippen MR) is 71.0 cm³/mol. The van der Waals surface area contributed by atoms with Gasteiger partial charge in [0.05, 0.1) is 6.42 Å². The van der Waals surface area contributed by atoms with Gasteiger partial charge in [-0.2, -0.15) is 0 Å². The van der Waals surface area contributed by atoms with Gasteiger partial charge in [0.25, 0.3) is 0 Å². The molecule has 0 unspecified atom stereocenters. The van der Waals surface area contributed by atoms with Crippen LogP contribution in [0.3, 0.4) is 0 Å². The molecule has 2 rings (SSSR count). The van der Waals surface area contributed by atoms with Crippen molar-refractivity contribution in [3.63, 3.8) is 0 Å². The van der Waals surface area contributed by atoms with Crippen LogP contribution < -0.4 is 5.32 Å². The Labute approximate surface area is 113 Å². The number of carboxylic acids is 1. The third-order valence-corrected chi connectivity index (χ3v) is 3.86. The molecule has 6 nitrogen and oxygen atoms in total. The first-order chi connectivity index (χ1) is 9.15. The largest absolute Gasteiger partial charge is 0.481 e. The number of piperidine rings is 1.